The molecule has 35 heavy (non-hydrogen) atoms. The summed E-state index contributed by atoms with van der Waals surface area (Å²) in [6.45, 7) is 2.18. The summed E-state index contributed by atoms with van der Waals surface area (Å²) in [5, 5.41) is 4.26. The van der Waals surface area contributed by atoms with E-state index in [1.807, 2.05) is 59.2 Å². The average molecular weight is 489 g/mol. The minimum absolute atomic E-state index is 0.157. The highest BCUT2D eigenvalue weighted by molar-refractivity contribution is 7.00. The number of fused-ring (bicyclic) bond motifs is 3. The fraction of sp³-hybridized carbons (Fsp3) is 0.160. The molecule has 0 radical (unpaired) electrons. The molecule has 0 fully saturated rings. The van der Waals surface area contributed by atoms with Gasteiger partial charge in [-0.05, 0) is 49.4 Å². The highest BCUT2D eigenvalue weighted by Crippen LogP contribution is 2.41. The van der Waals surface area contributed by atoms with Gasteiger partial charge in [-0.25, -0.2) is 4.79 Å². The lowest BCUT2D eigenvalue weighted by Crippen LogP contribution is -2.13. The van der Waals surface area contributed by atoms with E-state index >= 15 is 0 Å². The van der Waals surface area contributed by atoms with Crippen LogP contribution in [-0.2, 0) is 4.74 Å². The third-order valence-corrected chi connectivity index (χ3v) is 6.34. The number of hydrogen-bond donors (Lipinski definition) is 1. The zero-order chi connectivity index (χ0) is 23.9. The zero-order valence-electron chi connectivity index (χ0n) is 18.9. The Labute approximate surface area is 204 Å². The Kier molecular flexibility index (Phi) is 5.14. The summed E-state index contributed by atoms with van der Waals surface area (Å²) >= 11 is 1.16. The monoisotopic (exact) mass is 488 g/mol. The highest BCUT2D eigenvalue weighted by Gasteiger charge is 2.27. The number of nitrogens with one attached hydrogen (secondary N) is 1. The smallest absolute Gasteiger partial charge is 0.357 e. The van der Waals surface area contributed by atoms with Crippen molar-refractivity contribution < 1.29 is 23.7 Å². The Morgan fingerprint density at radius 3 is 2.77 bits per heavy atom. The summed E-state index contributed by atoms with van der Waals surface area (Å²) in [6.07, 6.45) is 0. The Bertz CT molecular complexity index is 1590. The fourth-order valence-corrected chi connectivity index (χ4v) is 4.73. The van der Waals surface area contributed by atoms with Crippen molar-refractivity contribution in [2.75, 3.05) is 25.8 Å². The molecule has 0 unspecified atom stereocenters. The second-order valence-corrected chi connectivity index (χ2v) is 8.32. The SMILES string of the molecule is CCOC(=O)c1c(Nc2ccc3nsnc3c2)c2ccc(OC)cc2n1-c1ccc2c(c1)OCO2. The molecule has 9 nitrogen and oxygen atoms in total. The molecule has 2 aromatic heterocycles. The predicted octanol–water partition coefficient (Wildman–Crippen LogP) is 5.29. The first kappa shape index (κ1) is 21.2. The molecule has 1 N–H and O–H groups in total. The predicted molar refractivity (Wildman–Crippen MR) is 133 cm³/mol. The number of methoxy groups -OCH3 is 1. The number of esters is 1. The first-order chi connectivity index (χ1) is 17.2. The first-order valence-electron chi connectivity index (χ1n) is 10.9. The molecule has 5 aromatic rings. The van der Waals surface area contributed by atoms with Crippen LogP contribution in [0, 0.1) is 0 Å². The van der Waals surface area contributed by atoms with E-state index in [0.29, 0.717) is 28.6 Å². The van der Waals surface area contributed by atoms with E-state index in [-0.39, 0.29) is 13.4 Å². The van der Waals surface area contributed by atoms with Gasteiger partial charge in [0.15, 0.2) is 17.2 Å². The maximum absolute atomic E-state index is 13.4. The molecule has 1 aliphatic rings. The maximum Gasteiger partial charge on any atom is 0.357 e. The number of nitrogens with zero attached hydrogens (tertiary/aromatic N) is 3. The van der Waals surface area contributed by atoms with E-state index in [1.54, 1.807) is 14.0 Å². The van der Waals surface area contributed by atoms with E-state index in [2.05, 4.69) is 14.1 Å². The van der Waals surface area contributed by atoms with Gasteiger partial charge < -0.3 is 28.8 Å². The molecule has 0 aliphatic carbocycles. The van der Waals surface area contributed by atoms with Crippen LogP contribution in [0.4, 0.5) is 11.4 Å². The minimum atomic E-state index is -0.459. The van der Waals surface area contributed by atoms with Gasteiger partial charge >= 0.3 is 5.97 Å². The van der Waals surface area contributed by atoms with Crippen molar-refractivity contribution >= 4 is 51.0 Å². The molecule has 0 atom stereocenters. The molecule has 1 aliphatic heterocycles. The van der Waals surface area contributed by atoms with E-state index in [9.17, 15) is 4.79 Å². The van der Waals surface area contributed by atoms with Gasteiger partial charge in [0.25, 0.3) is 0 Å². The second kappa shape index (κ2) is 8.48. The molecule has 176 valence electrons. The number of rotatable bonds is 6. The molecule has 0 saturated carbocycles. The van der Waals surface area contributed by atoms with E-state index in [1.165, 1.54) is 0 Å². The molecule has 0 saturated heterocycles. The lowest BCUT2D eigenvalue weighted by molar-refractivity contribution is 0.0518. The topological polar surface area (TPSA) is 96.7 Å². The number of carbonyl (C=O) groups is 1. The molecule has 0 spiro atoms. The molecule has 10 heteroatoms. The standard InChI is InChI=1S/C25H20N4O5S/c1-3-32-25(30)24-23(26-14-4-8-18-19(10-14)28-35-27-18)17-7-6-16(31-2)12-20(17)29(24)15-5-9-21-22(11-15)34-13-33-21/h4-12,26H,3,13H2,1-2H3. The van der Waals surface area contributed by atoms with Crippen molar-refractivity contribution in [1.29, 1.82) is 0 Å². The summed E-state index contributed by atoms with van der Waals surface area (Å²) in [4.78, 5) is 13.4. The van der Waals surface area contributed by atoms with Gasteiger partial charge in [0.1, 0.15) is 16.8 Å². The van der Waals surface area contributed by atoms with Crippen LogP contribution in [0.25, 0.3) is 27.6 Å². The van der Waals surface area contributed by atoms with Gasteiger partial charge in [-0.2, -0.15) is 8.75 Å². The Hall–Kier alpha value is -4.31. The number of benzene rings is 3. The van der Waals surface area contributed by atoms with Crippen molar-refractivity contribution in [2.45, 2.75) is 6.92 Å². The van der Waals surface area contributed by atoms with Crippen LogP contribution in [0.1, 0.15) is 17.4 Å². The summed E-state index contributed by atoms with van der Waals surface area (Å²) < 4.78 is 32.5. The summed E-state index contributed by atoms with van der Waals surface area (Å²) in [6, 6.07) is 16.9. The van der Waals surface area contributed by atoms with Gasteiger partial charge in [0.2, 0.25) is 6.79 Å². The molecule has 3 heterocycles. The summed E-state index contributed by atoms with van der Waals surface area (Å²) in [7, 11) is 1.61. The molecule has 0 amide bonds. The number of anilines is 2. The third-order valence-electron chi connectivity index (χ3n) is 5.78. The first-order valence-corrected chi connectivity index (χ1v) is 11.7. The van der Waals surface area contributed by atoms with Crippen LogP contribution in [-0.4, -0.2) is 39.8 Å². The van der Waals surface area contributed by atoms with Crippen LogP contribution in [0.5, 0.6) is 17.2 Å². The average Bonchev–Trinajstić information content (AvgIpc) is 3.60. The number of ether oxygens (including phenoxy) is 4. The van der Waals surface area contributed by atoms with Crippen molar-refractivity contribution in [3.8, 4) is 22.9 Å². The summed E-state index contributed by atoms with van der Waals surface area (Å²) in [5.41, 5.74) is 4.83. The number of carbonyl (C=O) groups excluding carboxylic acids is 1. The Morgan fingerprint density at radius 2 is 1.91 bits per heavy atom. The second-order valence-electron chi connectivity index (χ2n) is 7.79. The lowest BCUT2D eigenvalue weighted by atomic mass is 10.2. The molecular formula is C25H20N4O5S. The number of hydrogen-bond acceptors (Lipinski definition) is 9. The largest absolute Gasteiger partial charge is 0.497 e. The van der Waals surface area contributed by atoms with Gasteiger partial charge in [0.05, 0.1) is 42.3 Å². The molecule has 0 bridgehead atoms. The fourth-order valence-electron chi connectivity index (χ4n) is 4.21. The van der Waals surface area contributed by atoms with E-state index in [0.717, 1.165) is 45.0 Å². The minimum Gasteiger partial charge on any atom is -0.497 e. The van der Waals surface area contributed by atoms with Crippen LogP contribution < -0.4 is 19.5 Å². The number of aromatic nitrogens is 3. The summed E-state index contributed by atoms with van der Waals surface area (Å²) in [5.74, 6) is 1.47. The lowest BCUT2D eigenvalue weighted by Gasteiger charge is -2.13. The van der Waals surface area contributed by atoms with Gasteiger partial charge in [-0.3, -0.25) is 0 Å². The maximum atomic E-state index is 13.4. The van der Waals surface area contributed by atoms with Crippen LogP contribution in [0.3, 0.4) is 0 Å². The highest BCUT2D eigenvalue weighted by atomic mass is 32.1. The van der Waals surface area contributed by atoms with Crippen LogP contribution in [0.2, 0.25) is 0 Å². The molecule has 6 rings (SSSR count). The Morgan fingerprint density at radius 1 is 1.06 bits per heavy atom. The van der Waals surface area contributed by atoms with Gasteiger partial charge in [-0.1, -0.05) is 0 Å². The van der Waals surface area contributed by atoms with Gasteiger partial charge in [0, 0.05) is 23.2 Å². The van der Waals surface area contributed by atoms with Crippen LogP contribution >= 0.6 is 11.7 Å². The van der Waals surface area contributed by atoms with Crippen molar-refractivity contribution in [1.82, 2.24) is 13.3 Å². The normalized spacial score (nSPS) is 12.3. The third kappa shape index (κ3) is 3.58. The molecular weight excluding hydrogens is 468 g/mol. The van der Waals surface area contributed by atoms with Crippen LogP contribution in [0.15, 0.2) is 54.6 Å². The van der Waals surface area contributed by atoms with Gasteiger partial charge in [-0.15, -0.1) is 0 Å². The zero-order valence-corrected chi connectivity index (χ0v) is 19.7. The van der Waals surface area contributed by atoms with Crippen molar-refractivity contribution in [3.63, 3.8) is 0 Å². The molecule has 3 aromatic carbocycles. The quantitative estimate of drug-likeness (QED) is 0.322. The van der Waals surface area contributed by atoms with E-state index < -0.39 is 5.97 Å². The van der Waals surface area contributed by atoms with Crippen molar-refractivity contribution in [2.24, 2.45) is 0 Å². The van der Waals surface area contributed by atoms with E-state index in [4.69, 9.17) is 18.9 Å². The Balaban J connectivity index is 1.61. The van der Waals surface area contributed by atoms with Crippen molar-refractivity contribution in [3.05, 3.63) is 60.3 Å².